The van der Waals surface area contributed by atoms with E-state index < -0.39 is 4.92 Å². The molecule has 1 heterocycles. The van der Waals surface area contributed by atoms with E-state index in [0.29, 0.717) is 12.3 Å². The van der Waals surface area contributed by atoms with Crippen molar-refractivity contribution < 1.29 is 9.34 Å². The topological polar surface area (TPSA) is 68.3 Å². The van der Waals surface area contributed by atoms with Crippen molar-refractivity contribution in [1.82, 2.24) is 0 Å². The number of nitro groups is 1. The van der Waals surface area contributed by atoms with Gasteiger partial charge in [0.2, 0.25) is 0 Å². The predicted molar refractivity (Wildman–Crippen MR) is 76.6 cm³/mol. The summed E-state index contributed by atoms with van der Waals surface area (Å²) in [6.45, 7) is 0.409. The molecule has 20 heavy (non-hydrogen) atoms. The number of furan rings is 1. The number of nitrogens with one attached hydrogen (secondary N) is 1. The van der Waals surface area contributed by atoms with Crippen molar-refractivity contribution in [2.45, 2.75) is 6.54 Å². The van der Waals surface area contributed by atoms with E-state index in [2.05, 4.69) is 11.4 Å². The largest absolute Gasteiger partial charge is 0.433 e. The Morgan fingerprint density at radius 3 is 2.60 bits per heavy atom. The summed E-state index contributed by atoms with van der Waals surface area (Å²) >= 11 is 0. The lowest BCUT2D eigenvalue weighted by Crippen LogP contribution is -1.97. The van der Waals surface area contributed by atoms with Gasteiger partial charge in [-0.25, -0.2) is 0 Å². The van der Waals surface area contributed by atoms with Gasteiger partial charge >= 0.3 is 5.88 Å². The fourth-order valence-corrected chi connectivity index (χ4v) is 2.05. The Balaban J connectivity index is 1.74. The van der Waals surface area contributed by atoms with Gasteiger partial charge in [0.15, 0.2) is 0 Å². The van der Waals surface area contributed by atoms with Gasteiger partial charge in [0.25, 0.3) is 0 Å². The second kappa shape index (κ2) is 5.05. The summed E-state index contributed by atoms with van der Waals surface area (Å²) in [4.78, 5) is 9.98. The molecule has 0 aliphatic carbocycles. The molecular weight excluding hydrogens is 256 g/mol. The summed E-state index contributed by atoms with van der Waals surface area (Å²) in [7, 11) is 0. The van der Waals surface area contributed by atoms with E-state index in [1.807, 2.05) is 36.4 Å². The van der Waals surface area contributed by atoms with E-state index in [1.165, 1.54) is 11.5 Å². The molecule has 0 unspecified atom stereocenters. The van der Waals surface area contributed by atoms with Crippen LogP contribution in [0.5, 0.6) is 0 Å². The van der Waals surface area contributed by atoms with Gasteiger partial charge in [-0.15, -0.1) is 0 Å². The van der Waals surface area contributed by atoms with Gasteiger partial charge < -0.3 is 9.73 Å². The highest BCUT2D eigenvalue weighted by molar-refractivity contribution is 5.85. The van der Waals surface area contributed by atoms with E-state index in [0.717, 1.165) is 11.1 Å². The van der Waals surface area contributed by atoms with Gasteiger partial charge in [-0.2, -0.15) is 0 Å². The van der Waals surface area contributed by atoms with E-state index in [-0.39, 0.29) is 5.88 Å². The maximum Gasteiger partial charge on any atom is 0.433 e. The Kier molecular flexibility index (Phi) is 3.09. The summed E-state index contributed by atoms with van der Waals surface area (Å²) in [6.07, 6.45) is 0. The minimum Gasteiger partial charge on any atom is -0.404 e. The Hall–Kier alpha value is -2.82. The zero-order valence-corrected chi connectivity index (χ0v) is 10.6. The molecule has 0 radical (unpaired) electrons. The van der Waals surface area contributed by atoms with Crippen molar-refractivity contribution in [2.75, 3.05) is 5.32 Å². The average molecular weight is 268 g/mol. The highest BCUT2D eigenvalue weighted by Gasteiger charge is 2.11. The zero-order valence-electron chi connectivity index (χ0n) is 10.6. The minimum absolute atomic E-state index is 0.236. The maximum atomic E-state index is 10.5. The molecular formula is C15H12N2O3. The first-order valence-corrected chi connectivity index (χ1v) is 6.18. The molecule has 0 fully saturated rings. The monoisotopic (exact) mass is 268 g/mol. The quantitative estimate of drug-likeness (QED) is 0.574. The summed E-state index contributed by atoms with van der Waals surface area (Å²) in [5.41, 5.74) is 0.947. The molecule has 5 nitrogen and oxygen atoms in total. The molecule has 0 saturated heterocycles. The second-order valence-corrected chi connectivity index (χ2v) is 4.41. The normalized spacial score (nSPS) is 10.6. The van der Waals surface area contributed by atoms with Crippen LogP contribution in [0.25, 0.3) is 10.8 Å². The number of rotatable bonds is 4. The molecule has 1 N–H and O–H groups in total. The van der Waals surface area contributed by atoms with E-state index >= 15 is 0 Å². The highest BCUT2D eigenvalue weighted by atomic mass is 16.6. The Morgan fingerprint density at radius 2 is 1.85 bits per heavy atom. The van der Waals surface area contributed by atoms with Crippen LogP contribution in [-0.4, -0.2) is 4.92 Å². The summed E-state index contributed by atoms with van der Waals surface area (Å²) in [5, 5.41) is 16.0. The molecule has 100 valence electrons. The SMILES string of the molecule is O=[N+]([O-])c1ccc(CNc2ccc3ccccc3c2)o1. The van der Waals surface area contributed by atoms with Crippen LogP contribution in [0.3, 0.4) is 0 Å². The number of nitrogens with zero attached hydrogens (tertiary/aromatic N) is 1. The van der Waals surface area contributed by atoms with E-state index in [1.54, 1.807) is 6.07 Å². The van der Waals surface area contributed by atoms with Crippen LogP contribution in [0.15, 0.2) is 59.0 Å². The standard InChI is InChI=1S/C15H12N2O3/c18-17(19)15-8-7-14(20-15)10-16-13-6-5-11-3-1-2-4-12(11)9-13/h1-9,16H,10H2. The van der Waals surface area contributed by atoms with E-state index in [4.69, 9.17) is 4.42 Å². The molecule has 0 spiro atoms. The average Bonchev–Trinajstić information content (AvgIpc) is 2.94. The van der Waals surface area contributed by atoms with Crippen molar-refractivity contribution in [3.63, 3.8) is 0 Å². The molecule has 0 amide bonds. The van der Waals surface area contributed by atoms with Crippen LogP contribution in [0.2, 0.25) is 0 Å². The van der Waals surface area contributed by atoms with Crippen molar-refractivity contribution in [3.8, 4) is 0 Å². The summed E-state index contributed by atoms with van der Waals surface area (Å²) < 4.78 is 5.09. The molecule has 3 aromatic rings. The van der Waals surface area contributed by atoms with Crippen LogP contribution in [0.1, 0.15) is 5.76 Å². The number of hydrogen-bond acceptors (Lipinski definition) is 4. The van der Waals surface area contributed by atoms with E-state index in [9.17, 15) is 10.1 Å². The fraction of sp³-hybridized carbons (Fsp3) is 0.0667. The molecule has 5 heteroatoms. The van der Waals surface area contributed by atoms with Gasteiger partial charge in [0.1, 0.15) is 10.7 Å². The third-order valence-electron chi connectivity index (χ3n) is 3.04. The first kappa shape index (κ1) is 12.2. The van der Waals surface area contributed by atoms with Crippen molar-refractivity contribution >= 4 is 22.3 Å². The van der Waals surface area contributed by atoms with Crippen molar-refractivity contribution in [3.05, 3.63) is 70.5 Å². The molecule has 1 aromatic heterocycles. The molecule has 3 rings (SSSR count). The van der Waals surface area contributed by atoms with Crippen LogP contribution in [0, 0.1) is 10.1 Å². The third kappa shape index (κ3) is 2.47. The van der Waals surface area contributed by atoms with Crippen molar-refractivity contribution in [2.24, 2.45) is 0 Å². The minimum atomic E-state index is -0.542. The highest BCUT2D eigenvalue weighted by Crippen LogP contribution is 2.20. The lowest BCUT2D eigenvalue weighted by molar-refractivity contribution is -0.402. The zero-order chi connectivity index (χ0) is 13.9. The molecule has 0 atom stereocenters. The molecule has 0 saturated carbocycles. The Bertz CT molecular complexity index is 764. The Morgan fingerprint density at radius 1 is 1.05 bits per heavy atom. The first-order valence-electron chi connectivity index (χ1n) is 6.18. The number of hydrogen-bond donors (Lipinski definition) is 1. The van der Waals surface area contributed by atoms with Gasteiger partial charge in [-0.05, 0) is 29.0 Å². The van der Waals surface area contributed by atoms with Gasteiger partial charge in [-0.3, -0.25) is 10.1 Å². The number of fused-ring (bicyclic) bond motifs is 1. The van der Waals surface area contributed by atoms with Gasteiger partial charge in [0, 0.05) is 5.69 Å². The first-order chi connectivity index (χ1) is 9.72. The summed E-state index contributed by atoms with van der Waals surface area (Å²) in [5.74, 6) is 0.296. The van der Waals surface area contributed by atoms with Crippen LogP contribution in [0.4, 0.5) is 11.6 Å². The van der Waals surface area contributed by atoms with Gasteiger partial charge in [-0.1, -0.05) is 30.3 Å². The van der Waals surface area contributed by atoms with Crippen LogP contribution >= 0.6 is 0 Å². The van der Waals surface area contributed by atoms with Gasteiger partial charge in [0.05, 0.1) is 12.6 Å². The number of benzene rings is 2. The lowest BCUT2D eigenvalue weighted by atomic mass is 10.1. The second-order valence-electron chi connectivity index (χ2n) is 4.41. The maximum absolute atomic E-state index is 10.5. The third-order valence-corrected chi connectivity index (χ3v) is 3.04. The molecule has 2 aromatic carbocycles. The Labute approximate surface area is 115 Å². The lowest BCUT2D eigenvalue weighted by Gasteiger charge is -2.05. The van der Waals surface area contributed by atoms with Crippen molar-refractivity contribution in [1.29, 1.82) is 0 Å². The number of anilines is 1. The smallest absolute Gasteiger partial charge is 0.404 e. The fourth-order valence-electron chi connectivity index (χ4n) is 2.05. The molecule has 0 bridgehead atoms. The summed E-state index contributed by atoms with van der Waals surface area (Å²) in [6, 6.07) is 17.1. The van der Waals surface area contributed by atoms with Crippen LogP contribution < -0.4 is 5.32 Å². The predicted octanol–water partition coefficient (Wildman–Crippen LogP) is 3.95. The molecule has 0 aliphatic heterocycles. The molecule has 0 aliphatic rings. The van der Waals surface area contributed by atoms with Crippen LogP contribution in [-0.2, 0) is 6.54 Å².